The predicted octanol–water partition coefficient (Wildman–Crippen LogP) is -1.10. The van der Waals surface area contributed by atoms with Crippen LogP contribution < -0.4 is 14.9 Å². The second kappa shape index (κ2) is 10.8. The number of rotatable bonds is 5. The van der Waals surface area contributed by atoms with Crippen LogP contribution in [-0.2, 0) is 9.47 Å². The molecule has 2 fully saturated rings. The fraction of sp³-hybridized carbons (Fsp3) is 0.423. The SMILES string of the molecule is C[C@@H]1O[C@@H](Oc2cc(O)c3c(=O)c(O[C@@H]4OC[C@@H](O)[C@@H](O)[C@H]4O)c(-c4ccc(O)cc4)oc3c2)[C@@H](O)[C@@H](O)[C@H]1O. The Labute approximate surface area is 225 Å². The Morgan fingerprint density at radius 3 is 2.20 bits per heavy atom. The Hall–Kier alpha value is -3.47. The fourth-order valence-electron chi connectivity index (χ4n) is 4.48. The van der Waals surface area contributed by atoms with Crippen molar-refractivity contribution in [3.05, 3.63) is 46.6 Å². The van der Waals surface area contributed by atoms with Crippen molar-refractivity contribution in [1.82, 2.24) is 0 Å². The van der Waals surface area contributed by atoms with Crippen molar-refractivity contribution in [2.75, 3.05) is 6.61 Å². The van der Waals surface area contributed by atoms with Gasteiger partial charge in [0.2, 0.25) is 23.8 Å². The van der Waals surface area contributed by atoms with Gasteiger partial charge in [-0.3, -0.25) is 4.79 Å². The lowest BCUT2D eigenvalue weighted by Crippen LogP contribution is -2.58. The Morgan fingerprint density at radius 2 is 1.50 bits per heavy atom. The van der Waals surface area contributed by atoms with E-state index in [0.717, 1.165) is 6.07 Å². The highest BCUT2D eigenvalue weighted by Gasteiger charge is 2.43. The highest BCUT2D eigenvalue weighted by molar-refractivity contribution is 5.88. The summed E-state index contributed by atoms with van der Waals surface area (Å²) in [6.07, 6.45) is -13.3. The number of aromatic hydroxyl groups is 2. The van der Waals surface area contributed by atoms with Crippen molar-refractivity contribution in [2.45, 2.75) is 62.2 Å². The first kappa shape index (κ1) is 28.1. The highest BCUT2D eigenvalue weighted by atomic mass is 16.7. The number of benzene rings is 2. The van der Waals surface area contributed by atoms with Crippen molar-refractivity contribution in [3.63, 3.8) is 0 Å². The average molecular weight is 564 g/mol. The second-order valence-corrected chi connectivity index (χ2v) is 9.62. The molecule has 1 aromatic heterocycles. The van der Waals surface area contributed by atoms with Crippen LogP contribution in [0.4, 0.5) is 0 Å². The summed E-state index contributed by atoms with van der Waals surface area (Å²) in [6.45, 7) is 1.06. The number of hydrogen-bond acceptors (Lipinski definition) is 14. The summed E-state index contributed by atoms with van der Waals surface area (Å²) in [5.74, 6) is -1.54. The third-order valence-corrected chi connectivity index (χ3v) is 6.78. The molecule has 3 aromatic rings. The minimum Gasteiger partial charge on any atom is -0.508 e. The van der Waals surface area contributed by atoms with Gasteiger partial charge in [-0.05, 0) is 31.2 Å². The van der Waals surface area contributed by atoms with E-state index in [-0.39, 0.29) is 33.8 Å². The average Bonchev–Trinajstić information content (AvgIpc) is 2.92. The van der Waals surface area contributed by atoms with E-state index in [1.807, 2.05) is 0 Å². The quantitative estimate of drug-likeness (QED) is 0.184. The summed E-state index contributed by atoms with van der Waals surface area (Å²) in [6, 6.07) is 7.69. The molecule has 0 unspecified atom stereocenters. The normalized spacial score (nSPS) is 32.6. The molecule has 14 nitrogen and oxygen atoms in total. The smallest absolute Gasteiger partial charge is 0.239 e. The summed E-state index contributed by atoms with van der Waals surface area (Å²) in [4.78, 5) is 13.6. The Balaban J connectivity index is 1.58. The number of aliphatic hydroxyl groups excluding tert-OH is 6. The Bertz CT molecular complexity index is 1420. The highest BCUT2D eigenvalue weighted by Crippen LogP contribution is 2.38. The number of fused-ring (bicyclic) bond motifs is 1. The van der Waals surface area contributed by atoms with E-state index in [4.69, 9.17) is 23.4 Å². The summed E-state index contributed by atoms with van der Waals surface area (Å²) < 4.78 is 27.9. The zero-order valence-corrected chi connectivity index (χ0v) is 20.9. The van der Waals surface area contributed by atoms with E-state index in [1.54, 1.807) is 0 Å². The zero-order chi connectivity index (χ0) is 28.9. The van der Waals surface area contributed by atoms with Crippen LogP contribution in [0.2, 0.25) is 0 Å². The lowest BCUT2D eigenvalue weighted by Gasteiger charge is -2.38. The molecular weight excluding hydrogens is 536 g/mol. The van der Waals surface area contributed by atoms with Crippen LogP contribution in [0.15, 0.2) is 45.6 Å². The number of phenolic OH excluding ortho intramolecular Hbond substituents is 2. The fourth-order valence-corrected chi connectivity index (χ4v) is 4.48. The van der Waals surface area contributed by atoms with Crippen LogP contribution in [0.1, 0.15) is 6.92 Å². The third-order valence-electron chi connectivity index (χ3n) is 6.78. The lowest BCUT2D eigenvalue weighted by atomic mass is 10.00. The van der Waals surface area contributed by atoms with Gasteiger partial charge in [0.05, 0.1) is 12.7 Å². The van der Waals surface area contributed by atoms with Gasteiger partial charge < -0.3 is 64.2 Å². The van der Waals surface area contributed by atoms with Crippen LogP contribution in [0.25, 0.3) is 22.3 Å². The number of hydrogen-bond donors (Lipinski definition) is 8. The maximum absolute atomic E-state index is 13.6. The number of phenols is 2. The van der Waals surface area contributed by atoms with E-state index < -0.39 is 78.8 Å². The standard InChI is InChI=1S/C26H28O14/c1-9-17(30)20(33)22(35)26(37-9)38-12-6-13(28)16-15(7-12)39-23(10-2-4-11(27)5-3-10)24(19(16)32)40-25-21(34)18(31)14(29)8-36-25/h2-7,9,14,17-18,20-22,25-31,33-35H,8H2,1H3/t9-,14+,17-,18+,20-,21+,22-,25-,26-/m0/s1. The van der Waals surface area contributed by atoms with Gasteiger partial charge in [-0.25, -0.2) is 0 Å². The van der Waals surface area contributed by atoms with E-state index in [0.29, 0.717) is 0 Å². The molecule has 216 valence electrons. The maximum atomic E-state index is 13.6. The molecular formula is C26H28O14. The van der Waals surface area contributed by atoms with Gasteiger partial charge in [0.15, 0.2) is 5.76 Å². The van der Waals surface area contributed by atoms with E-state index in [1.165, 1.54) is 37.3 Å². The van der Waals surface area contributed by atoms with Gasteiger partial charge in [0.1, 0.15) is 64.8 Å². The molecule has 0 spiro atoms. The topological polar surface area (TPSA) is 229 Å². The first-order valence-electron chi connectivity index (χ1n) is 12.3. The third kappa shape index (κ3) is 5.07. The first-order chi connectivity index (χ1) is 19.0. The van der Waals surface area contributed by atoms with Crippen molar-refractivity contribution in [1.29, 1.82) is 0 Å². The largest absolute Gasteiger partial charge is 0.508 e. The molecule has 9 atom stereocenters. The molecule has 40 heavy (non-hydrogen) atoms. The van der Waals surface area contributed by atoms with Gasteiger partial charge in [0.25, 0.3) is 0 Å². The van der Waals surface area contributed by atoms with Crippen LogP contribution in [0.3, 0.4) is 0 Å². The number of ether oxygens (including phenoxy) is 4. The Kier molecular flexibility index (Phi) is 7.60. The molecule has 0 radical (unpaired) electrons. The van der Waals surface area contributed by atoms with Gasteiger partial charge >= 0.3 is 0 Å². The van der Waals surface area contributed by atoms with Gasteiger partial charge in [-0.15, -0.1) is 0 Å². The number of aliphatic hydroxyl groups is 6. The predicted molar refractivity (Wildman–Crippen MR) is 133 cm³/mol. The monoisotopic (exact) mass is 564 g/mol. The minimum absolute atomic E-state index is 0.0848. The van der Waals surface area contributed by atoms with E-state index in [9.17, 15) is 45.6 Å². The molecule has 14 heteroatoms. The van der Waals surface area contributed by atoms with Crippen molar-refractivity contribution in [2.24, 2.45) is 0 Å². The van der Waals surface area contributed by atoms with Crippen molar-refractivity contribution < 1.29 is 64.2 Å². The molecule has 2 aliphatic heterocycles. The molecule has 8 N–H and O–H groups in total. The van der Waals surface area contributed by atoms with Gasteiger partial charge in [-0.2, -0.15) is 0 Å². The molecule has 3 heterocycles. The van der Waals surface area contributed by atoms with Crippen LogP contribution in [0.5, 0.6) is 23.0 Å². The van der Waals surface area contributed by atoms with Crippen molar-refractivity contribution in [3.8, 4) is 34.3 Å². The summed E-state index contributed by atoms with van der Waals surface area (Å²) in [5.41, 5.74) is -0.860. The maximum Gasteiger partial charge on any atom is 0.239 e. The summed E-state index contributed by atoms with van der Waals surface area (Å²) >= 11 is 0. The summed E-state index contributed by atoms with van der Waals surface area (Å²) in [7, 11) is 0. The second-order valence-electron chi connectivity index (χ2n) is 9.62. The molecule has 2 aliphatic rings. The Morgan fingerprint density at radius 1 is 0.825 bits per heavy atom. The van der Waals surface area contributed by atoms with Crippen LogP contribution >= 0.6 is 0 Å². The summed E-state index contributed by atoms with van der Waals surface area (Å²) in [5, 5.41) is 80.5. The molecule has 0 bridgehead atoms. The molecule has 2 saturated heterocycles. The zero-order valence-electron chi connectivity index (χ0n) is 20.9. The molecule has 0 aliphatic carbocycles. The van der Waals surface area contributed by atoms with Crippen LogP contribution in [-0.4, -0.2) is 103 Å². The van der Waals surface area contributed by atoms with Crippen LogP contribution in [0, 0.1) is 0 Å². The molecule has 0 amide bonds. The van der Waals surface area contributed by atoms with Gasteiger partial charge in [0, 0.05) is 17.7 Å². The van der Waals surface area contributed by atoms with E-state index in [2.05, 4.69) is 0 Å². The van der Waals surface area contributed by atoms with Crippen molar-refractivity contribution >= 4 is 11.0 Å². The van der Waals surface area contributed by atoms with E-state index >= 15 is 0 Å². The molecule has 5 rings (SSSR count). The molecule has 0 saturated carbocycles. The first-order valence-corrected chi connectivity index (χ1v) is 12.3. The molecule has 2 aromatic carbocycles. The minimum atomic E-state index is -1.74. The van der Waals surface area contributed by atoms with Gasteiger partial charge in [-0.1, -0.05) is 0 Å². The lowest BCUT2D eigenvalue weighted by molar-refractivity contribution is -0.268.